The van der Waals surface area contributed by atoms with Crippen LogP contribution in [0, 0.1) is 5.92 Å². The third-order valence-electron chi connectivity index (χ3n) is 4.52. The van der Waals surface area contributed by atoms with Gasteiger partial charge in [-0.1, -0.05) is 37.0 Å². The van der Waals surface area contributed by atoms with Crippen LogP contribution in [0.4, 0.5) is 0 Å². The molecule has 32 heavy (non-hydrogen) atoms. The molecule has 1 aliphatic heterocycles. The SMILES string of the molecule is CC(C)C[C@H](NC(=O)CNC(=O)c1cc(Cl)ccc1Cl)B1OC(=O)[C@H](C)O[C@@H](C)C(=O)O1. The Balaban J connectivity index is 2.07. The molecule has 0 aliphatic carbocycles. The molecular formula is C20H25BCl2N2O7. The Morgan fingerprint density at radius 2 is 1.69 bits per heavy atom. The van der Waals surface area contributed by atoms with E-state index in [9.17, 15) is 19.2 Å². The van der Waals surface area contributed by atoms with Crippen LogP contribution in [0.15, 0.2) is 18.2 Å². The average molecular weight is 487 g/mol. The van der Waals surface area contributed by atoms with E-state index in [4.69, 9.17) is 37.2 Å². The van der Waals surface area contributed by atoms with Gasteiger partial charge in [0.1, 0.15) is 0 Å². The lowest BCUT2D eigenvalue weighted by Gasteiger charge is -2.29. The molecule has 12 heteroatoms. The van der Waals surface area contributed by atoms with Crippen LogP contribution in [0.1, 0.15) is 44.5 Å². The maximum absolute atomic E-state index is 12.5. The van der Waals surface area contributed by atoms with Crippen molar-refractivity contribution in [1.82, 2.24) is 10.6 Å². The summed E-state index contributed by atoms with van der Waals surface area (Å²) in [6, 6.07) is 4.39. The summed E-state index contributed by atoms with van der Waals surface area (Å²) in [6.45, 7) is 6.31. The molecular weight excluding hydrogens is 462 g/mol. The highest BCUT2D eigenvalue weighted by Gasteiger charge is 2.43. The molecule has 1 aromatic rings. The fraction of sp³-hybridized carbons (Fsp3) is 0.500. The Morgan fingerprint density at radius 3 is 2.25 bits per heavy atom. The third-order valence-corrected chi connectivity index (χ3v) is 5.08. The van der Waals surface area contributed by atoms with Crippen molar-refractivity contribution in [3.05, 3.63) is 33.8 Å². The molecule has 0 unspecified atom stereocenters. The molecule has 2 N–H and O–H groups in total. The van der Waals surface area contributed by atoms with Crippen molar-refractivity contribution in [2.75, 3.05) is 6.54 Å². The summed E-state index contributed by atoms with van der Waals surface area (Å²) < 4.78 is 15.8. The zero-order valence-electron chi connectivity index (χ0n) is 18.1. The van der Waals surface area contributed by atoms with Gasteiger partial charge in [-0.25, -0.2) is 0 Å². The molecule has 0 bridgehead atoms. The lowest BCUT2D eigenvalue weighted by atomic mass is 9.73. The number of nitrogens with one attached hydrogen (secondary N) is 2. The Hall–Kier alpha value is -2.30. The van der Waals surface area contributed by atoms with Gasteiger partial charge in [-0.15, -0.1) is 0 Å². The number of carbonyl (C=O) groups is 4. The Labute approximate surface area is 196 Å². The molecule has 1 saturated heterocycles. The van der Waals surface area contributed by atoms with E-state index in [2.05, 4.69) is 10.6 Å². The van der Waals surface area contributed by atoms with Gasteiger partial charge in [0.2, 0.25) is 5.91 Å². The van der Waals surface area contributed by atoms with Gasteiger partial charge in [0.05, 0.1) is 23.1 Å². The van der Waals surface area contributed by atoms with Crippen LogP contribution in [-0.4, -0.2) is 55.6 Å². The van der Waals surface area contributed by atoms with Gasteiger partial charge in [0.15, 0.2) is 12.2 Å². The zero-order valence-corrected chi connectivity index (χ0v) is 19.7. The maximum atomic E-state index is 12.5. The number of rotatable bonds is 7. The topological polar surface area (TPSA) is 120 Å². The predicted molar refractivity (Wildman–Crippen MR) is 118 cm³/mol. The molecule has 0 saturated carbocycles. The van der Waals surface area contributed by atoms with E-state index in [1.54, 1.807) is 0 Å². The summed E-state index contributed by atoms with van der Waals surface area (Å²) in [6.07, 6.45) is -1.61. The minimum absolute atomic E-state index is 0.0640. The molecule has 0 radical (unpaired) electrons. The summed E-state index contributed by atoms with van der Waals surface area (Å²) in [5.74, 6) is -3.37. The maximum Gasteiger partial charge on any atom is 0.622 e. The first kappa shape index (κ1) is 26.0. The van der Waals surface area contributed by atoms with Crippen molar-refractivity contribution in [2.24, 2.45) is 5.92 Å². The Bertz CT molecular complexity index is 862. The second-order valence-electron chi connectivity index (χ2n) is 7.77. The van der Waals surface area contributed by atoms with Crippen molar-refractivity contribution in [2.45, 2.75) is 52.3 Å². The fourth-order valence-corrected chi connectivity index (χ4v) is 3.33. The number of benzene rings is 1. The number of carbonyl (C=O) groups excluding carboxylic acids is 4. The van der Waals surface area contributed by atoms with Crippen LogP contribution in [0.2, 0.25) is 10.0 Å². The van der Waals surface area contributed by atoms with Gasteiger partial charge in [-0.05, 0) is 44.4 Å². The standard InChI is InChI=1S/C20H25BCl2N2O7/c1-10(2)7-16(21-31-19(28)11(3)30-12(4)20(29)32-21)25-17(26)9-24-18(27)14-8-13(22)5-6-15(14)23/h5-6,8,10-12,16H,7,9H2,1-4H3,(H,24,27)(H,25,26)/t11-,12-,16-/m0/s1. The molecule has 9 nitrogen and oxygen atoms in total. The minimum Gasteiger partial charge on any atom is -0.496 e. The van der Waals surface area contributed by atoms with Crippen molar-refractivity contribution >= 4 is 54.1 Å². The number of hydrogen-bond donors (Lipinski definition) is 2. The second-order valence-corrected chi connectivity index (χ2v) is 8.62. The second kappa shape index (κ2) is 11.5. The van der Waals surface area contributed by atoms with Crippen LogP contribution in [0.25, 0.3) is 0 Å². The van der Waals surface area contributed by atoms with Crippen LogP contribution < -0.4 is 10.6 Å². The summed E-state index contributed by atoms with van der Waals surface area (Å²) in [5.41, 5.74) is 0.122. The molecule has 1 heterocycles. The van der Waals surface area contributed by atoms with E-state index in [1.807, 2.05) is 13.8 Å². The van der Waals surface area contributed by atoms with Gasteiger partial charge >= 0.3 is 19.1 Å². The molecule has 2 amide bonds. The lowest BCUT2D eigenvalue weighted by molar-refractivity contribution is -0.167. The molecule has 1 aliphatic rings. The van der Waals surface area contributed by atoms with E-state index >= 15 is 0 Å². The molecule has 0 spiro atoms. The highest BCUT2D eigenvalue weighted by atomic mass is 35.5. The van der Waals surface area contributed by atoms with Crippen molar-refractivity contribution in [1.29, 1.82) is 0 Å². The van der Waals surface area contributed by atoms with Gasteiger partial charge in [-0.2, -0.15) is 0 Å². The van der Waals surface area contributed by atoms with Gasteiger partial charge in [-0.3, -0.25) is 19.2 Å². The first-order valence-corrected chi connectivity index (χ1v) is 10.8. The quantitative estimate of drug-likeness (QED) is 0.566. The molecule has 1 fully saturated rings. The van der Waals surface area contributed by atoms with Crippen LogP contribution >= 0.6 is 23.2 Å². The minimum atomic E-state index is -1.34. The van der Waals surface area contributed by atoms with Gasteiger partial charge in [0, 0.05) is 5.02 Å². The first-order chi connectivity index (χ1) is 15.0. The van der Waals surface area contributed by atoms with E-state index in [1.165, 1.54) is 32.0 Å². The average Bonchev–Trinajstić information content (AvgIpc) is 2.71. The van der Waals surface area contributed by atoms with E-state index in [0.717, 1.165) is 0 Å². The highest BCUT2D eigenvalue weighted by Crippen LogP contribution is 2.20. The number of amides is 2. The molecule has 2 rings (SSSR count). The smallest absolute Gasteiger partial charge is 0.496 e. The third kappa shape index (κ3) is 7.39. The summed E-state index contributed by atoms with van der Waals surface area (Å²) in [5, 5.41) is 5.62. The fourth-order valence-electron chi connectivity index (χ4n) is 2.96. The molecule has 0 aromatic heterocycles. The number of hydrogen-bond acceptors (Lipinski definition) is 7. The number of halogens is 2. The summed E-state index contributed by atoms with van der Waals surface area (Å²) in [7, 11) is -1.34. The zero-order chi connectivity index (χ0) is 24.0. The Morgan fingerprint density at radius 1 is 1.09 bits per heavy atom. The van der Waals surface area contributed by atoms with Crippen molar-refractivity contribution < 1.29 is 33.2 Å². The lowest BCUT2D eigenvalue weighted by Crippen LogP contribution is -2.56. The van der Waals surface area contributed by atoms with Crippen molar-refractivity contribution in [3.8, 4) is 0 Å². The van der Waals surface area contributed by atoms with Crippen LogP contribution in [0.5, 0.6) is 0 Å². The number of ether oxygens (including phenoxy) is 1. The normalized spacial score (nSPS) is 20.0. The summed E-state index contributed by atoms with van der Waals surface area (Å²) in [4.78, 5) is 49.3. The van der Waals surface area contributed by atoms with Crippen molar-refractivity contribution in [3.63, 3.8) is 0 Å². The van der Waals surface area contributed by atoms with Gasteiger partial charge < -0.3 is 24.7 Å². The summed E-state index contributed by atoms with van der Waals surface area (Å²) >= 11 is 11.9. The first-order valence-electron chi connectivity index (χ1n) is 10.1. The van der Waals surface area contributed by atoms with E-state index < -0.39 is 49.0 Å². The molecule has 3 atom stereocenters. The van der Waals surface area contributed by atoms with Crippen LogP contribution in [-0.2, 0) is 28.4 Å². The van der Waals surface area contributed by atoms with Crippen LogP contribution in [0.3, 0.4) is 0 Å². The largest absolute Gasteiger partial charge is 0.622 e. The highest BCUT2D eigenvalue weighted by molar-refractivity contribution is 6.51. The monoisotopic (exact) mass is 486 g/mol. The molecule has 174 valence electrons. The predicted octanol–water partition coefficient (Wildman–Crippen LogP) is 2.18. The Kier molecular flexibility index (Phi) is 9.36. The van der Waals surface area contributed by atoms with E-state index in [-0.39, 0.29) is 23.0 Å². The van der Waals surface area contributed by atoms with Gasteiger partial charge in [0.25, 0.3) is 5.91 Å². The molecule has 1 aromatic carbocycles. The van der Waals surface area contributed by atoms with E-state index in [0.29, 0.717) is 11.4 Å².